The van der Waals surface area contributed by atoms with Crippen LogP contribution in [0.15, 0.2) is 36.4 Å². The monoisotopic (exact) mass is 420 g/mol. The maximum Gasteiger partial charge on any atom is 0.171 e. The predicted octanol–water partition coefficient (Wildman–Crippen LogP) is 5.50. The molecule has 0 amide bonds. The van der Waals surface area contributed by atoms with Crippen molar-refractivity contribution < 1.29 is 23.7 Å². The summed E-state index contributed by atoms with van der Waals surface area (Å²) < 4.78 is 23.2. The van der Waals surface area contributed by atoms with E-state index >= 15 is 0 Å². The molecule has 0 spiro atoms. The molecule has 0 radical (unpaired) electrons. The highest BCUT2D eigenvalue weighted by molar-refractivity contribution is 6.01. The van der Waals surface area contributed by atoms with Gasteiger partial charge in [0.25, 0.3) is 0 Å². The van der Waals surface area contributed by atoms with Crippen LogP contribution in [0.25, 0.3) is 12.2 Å². The average molecular weight is 421 g/mol. The minimum atomic E-state index is -0.399. The van der Waals surface area contributed by atoms with E-state index in [4.69, 9.17) is 18.9 Å². The first-order valence-electron chi connectivity index (χ1n) is 10.3. The molecule has 0 N–H and O–H groups in total. The number of carbonyl (C=O) groups excluding carboxylic acids is 1. The van der Waals surface area contributed by atoms with Gasteiger partial charge in [-0.15, -0.1) is 0 Å². The molecule has 2 aliphatic rings. The van der Waals surface area contributed by atoms with Crippen LogP contribution in [0.1, 0.15) is 54.7 Å². The minimum absolute atomic E-state index is 0.0582. The van der Waals surface area contributed by atoms with Crippen molar-refractivity contribution in [1.82, 2.24) is 0 Å². The summed E-state index contributed by atoms with van der Waals surface area (Å²) in [6.45, 7) is 7.97. The first-order chi connectivity index (χ1) is 14.6. The fourth-order valence-corrected chi connectivity index (χ4v) is 3.91. The van der Waals surface area contributed by atoms with Crippen molar-refractivity contribution in [1.29, 1.82) is 0 Å². The summed E-state index contributed by atoms with van der Waals surface area (Å²) in [6.07, 6.45) is 8.13. The molecule has 0 saturated heterocycles. The molecule has 2 aliphatic heterocycles. The summed E-state index contributed by atoms with van der Waals surface area (Å²) in [4.78, 5) is 13.3. The number of hydrogen-bond acceptors (Lipinski definition) is 5. The Balaban J connectivity index is 1.68. The van der Waals surface area contributed by atoms with Crippen LogP contribution in [0, 0.1) is 0 Å². The van der Waals surface area contributed by atoms with Crippen molar-refractivity contribution in [2.24, 2.45) is 0 Å². The molecular weight excluding hydrogens is 392 g/mol. The maximum absolute atomic E-state index is 13.3. The minimum Gasteiger partial charge on any atom is -0.496 e. The third kappa shape index (κ3) is 4.05. The molecule has 0 bridgehead atoms. The number of carbonyl (C=O) groups is 1. The van der Waals surface area contributed by atoms with Crippen LogP contribution >= 0.6 is 0 Å². The molecule has 2 aromatic carbocycles. The summed E-state index contributed by atoms with van der Waals surface area (Å²) in [7, 11) is 3.17. The van der Waals surface area contributed by atoms with Crippen LogP contribution in [0.3, 0.4) is 0 Å². The van der Waals surface area contributed by atoms with Gasteiger partial charge < -0.3 is 18.9 Å². The standard InChI is InChI=1S/C26H28O5/c1-25(2)11-9-16-13-19(23(28-5)15-22(16)31-25)20(27)14-17-7-8-21-18(24(17)29-6)10-12-26(3,4)30-21/h7-13,15H,14H2,1-6H3. The Bertz CT molecular complexity index is 1110. The molecule has 4 rings (SSSR count). The number of hydrogen-bond donors (Lipinski definition) is 0. The van der Waals surface area contributed by atoms with Gasteiger partial charge in [0.15, 0.2) is 5.78 Å². The van der Waals surface area contributed by atoms with Gasteiger partial charge in [-0.3, -0.25) is 4.79 Å². The Morgan fingerprint density at radius 2 is 1.58 bits per heavy atom. The zero-order chi connectivity index (χ0) is 22.4. The quantitative estimate of drug-likeness (QED) is 0.598. The molecule has 31 heavy (non-hydrogen) atoms. The summed E-state index contributed by atoms with van der Waals surface area (Å²) >= 11 is 0. The fraction of sp³-hybridized carbons (Fsp3) is 0.346. The Kier molecular flexibility index (Phi) is 5.08. The van der Waals surface area contributed by atoms with Crippen molar-refractivity contribution in [3.05, 3.63) is 58.7 Å². The lowest BCUT2D eigenvalue weighted by Crippen LogP contribution is -2.27. The normalized spacial score (nSPS) is 17.1. The molecule has 5 nitrogen and oxygen atoms in total. The SMILES string of the molecule is COc1cc2c(cc1C(=O)Cc1ccc3c(c1OC)C=CC(C)(C)O3)C=CC(C)(C)O2. The van der Waals surface area contributed by atoms with E-state index in [0.29, 0.717) is 22.8 Å². The van der Waals surface area contributed by atoms with Crippen molar-refractivity contribution >= 4 is 17.9 Å². The van der Waals surface area contributed by atoms with Crippen LogP contribution in [0.2, 0.25) is 0 Å². The van der Waals surface area contributed by atoms with Crippen LogP contribution in [-0.2, 0) is 6.42 Å². The van der Waals surface area contributed by atoms with Gasteiger partial charge in [-0.2, -0.15) is 0 Å². The number of ether oxygens (including phenoxy) is 4. The van der Waals surface area contributed by atoms with Crippen LogP contribution in [0.4, 0.5) is 0 Å². The third-order valence-electron chi connectivity index (χ3n) is 5.49. The number of rotatable bonds is 5. The molecule has 0 unspecified atom stereocenters. The van der Waals surface area contributed by atoms with E-state index in [0.717, 1.165) is 22.4 Å². The molecule has 5 heteroatoms. The summed E-state index contributed by atoms with van der Waals surface area (Å²) in [5.74, 6) is 2.54. The van der Waals surface area contributed by atoms with Crippen molar-refractivity contribution in [2.75, 3.05) is 14.2 Å². The van der Waals surface area contributed by atoms with E-state index in [-0.39, 0.29) is 17.8 Å². The highest BCUT2D eigenvalue weighted by Crippen LogP contribution is 2.40. The molecule has 162 valence electrons. The van der Waals surface area contributed by atoms with Gasteiger partial charge in [-0.1, -0.05) is 12.1 Å². The second-order valence-electron chi connectivity index (χ2n) is 8.94. The second kappa shape index (κ2) is 7.49. The van der Waals surface area contributed by atoms with Gasteiger partial charge in [-0.05, 0) is 58.1 Å². The van der Waals surface area contributed by atoms with Gasteiger partial charge in [-0.25, -0.2) is 0 Å². The first kappa shape index (κ1) is 21.0. The van der Waals surface area contributed by atoms with Gasteiger partial charge in [0.05, 0.1) is 25.3 Å². The second-order valence-corrected chi connectivity index (χ2v) is 8.94. The zero-order valence-electron chi connectivity index (χ0n) is 18.9. The number of Topliss-reactive ketones (excluding diaryl/α,β-unsaturated/α-hetero) is 1. The lowest BCUT2D eigenvalue weighted by Gasteiger charge is -2.29. The molecule has 0 aromatic heterocycles. The summed E-state index contributed by atoms with van der Waals surface area (Å²) in [6, 6.07) is 7.41. The number of benzene rings is 2. The van der Waals surface area contributed by atoms with Crippen LogP contribution < -0.4 is 18.9 Å². The highest BCUT2D eigenvalue weighted by atomic mass is 16.5. The van der Waals surface area contributed by atoms with Crippen molar-refractivity contribution in [2.45, 2.75) is 45.3 Å². The fourth-order valence-electron chi connectivity index (χ4n) is 3.91. The topological polar surface area (TPSA) is 54.0 Å². The van der Waals surface area contributed by atoms with E-state index in [1.807, 2.05) is 70.2 Å². The largest absolute Gasteiger partial charge is 0.496 e. The lowest BCUT2D eigenvalue weighted by atomic mass is 9.94. The van der Waals surface area contributed by atoms with E-state index in [9.17, 15) is 4.79 Å². The molecule has 0 atom stereocenters. The highest BCUT2D eigenvalue weighted by Gasteiger charge is 2.27. The smallest absolute Gasteiger partial charge is 0.171 e. The molecule has 2 heterocycles. The molecule has 0 saturated carbocycles. The van der Waals surface area contributed by atoms with E-state index in [2.05, 4.69) is 0 Å². The molecular formula is C26H28O5. The lowest BCUT2D eigenvalue weighted by molar-refractivity contribution is 0.0988. The van der Waals surface area contributed by atoms with Crippen molar-refractivity contribution in [3.63, 3.8) is 0 Å². The van der Waals surface area contributed by atoms with E-state index in [1.54, 1.807) is 20.3 Å². The average Bonchev–Trinajstić information content (AvgIpc) is 2.71. The summed E-state index contributed by atoms with van der Waals surface area (Å²) in [5.41, 5.74) is 2.25. The molecule has 2 aromatic rings. The van der Waals surface area contributed by atoms with E-state index in [1.165, 1.54) is 0 Å². The predicted molar refractivity (Wildman–Crippen MR) is 122 cm³/mol. The Morgan fingerprint density at radius 1 is 0.903 bits per heavy atom. The van der Waals surface area contributed by atoms with Gasteiger partial charge in [0.2, 0.25) is 0 Å². The number of ketones is 1. The van der Waals surface area contributed by atoms with Gasteiger partial charge in [0, 0.05) is 23.6 Å². The molecule has 0 aliphatic carbocycles. The first-order valence-corrected chi connectivity index (χ1v) is 10.3. The molecule has 0 fully saturated rings. The summed E-state index contributed by atoms with van der Waals surface area (Å²) in [5, 5.41) is 0. The zero-order valence-corrected chi connectivity index (χ0v) is 18.9. The van der Waals surface area contributed by atoms with Gasteiger partial charge >= 0.3 is 0 Å². The van der Waals surface area contributed by atoms with Crippen LogP contribution in [-0.4, -0.2) is 31.2 Å². The number of fused-ring (bicyclic) bond motifs is 2. The Morgan fingerprint density at radius 3 is 2.26 bits per heavy atom. The Hall–Kier alpha value is -3.21. The maximum atomic E-state index is 13.3. The van der Waals surface area contributed by atoms with Crippen molar-refractivity contribution in [3.8, 4) is 23.0 Å². The Labute approximate surface area is 183 Å². The number of methoxy groups -OCH3 is 2. The van der Waals surface area contributed by atoms with Gasteiger partial charge in [0.1, 0.15) is 34.2 Å². The van der Waals surface area contributed by atoms with E-state index < -0.39 is 5.60 Å². The third-order valence-corrected chi connectivity index (χ3v) is 5.49. The van der Waals surface area contributed by atoms with Crippen LogP contribution in [0.5, 0.6) is 23.0 Å².